The lowest BCUT2D eigenvalue weighted by molar-refractivity contribution is -0.112. The van der Waals surface area contributed by atoms with E-state index in [0.717, 1.165) is 0 Å². The smallest absolute Gasteiger partial charge is 0.297 e. The predicted octanol–water partition coefficient (Wildman–Crippen LogP) is 4.30. The maximum atomic E-state index is 12.6. The van der Waals surface area contributed by atoms with Crippen molar-refractivity contribution in [1.29, 1.82) is 0 Å². The van der Waals surface area contributed by atoms with Crippen LogP contribution in [-0.4, -0.2) is 21.5 Å². The number of ketones is 1. The largest absolute Gasteiger partial charge is 0.455 e. The standard InChI is InChI=1S/C20H18ClN3O3/c1-12-18(13(2)24(3)23-12)19(25)20(26)22-16-11-14(21)9-10-17(16)27-15-7-5-4-6-8-15/h4-11H,1-3H3,(H,22,26). The maximum Gasteiger partial charge on any atom is 0.297 e. The van der Waals surface area contributed by atoms with Crippen LogP contribution >= 0.6 is 11.6 Å². The lowest BCUT2D eigenvalue weighted by Crippen LogP contribution is -2.24. The van der Waals surface area contributed by atoms with Crippen LogP contribution in [0.5, 0.6) is 11.5 Å². The molecular weight excluding hydrogens is 366 g/mol. The van der Waals surface area contributed by atoms with E-state index >= 15 is 0 Å². The number of amides is 1. The van der Waals surface area contributed by atoms with Crippen molar-refractivity contribution in [3.63, 3.8) is 0 Å². The van der Waals surface area contributed by atoms with Crippen LogP contribution in [0.4, 0.5) is 5.69 Å². The van der Waals surface area contributed by atoms with Gasteiger partial charge in [-0.05, 0) is 44.2 Å². The topological polar surface area (TPSA) is 73.2 Å². The van der Waals surface area contributed by atoms with Crippen molar-refractivity contribution < 1.29 is 14.3 Å². The van der Waals surface area contributed by atoms with E-state index < -0.39 is 11.7 Å². The molecule has 0 bridgehead atoms. The van der Waals surface area contributed by atoms with Crippen LogP contribution in [0.15, 0.2) is 48.5 Å². The SMILES string of the molecule is Cc1nn(C)c(C)c1C(=O)C(=O)Nc1cc(Cl)ccc1Oc1ccccc1. The van der Waals surface area contributed by atoms with Crippen molar-refractivity contribution in [2.75, 3.05) is 5.32 Å². The summed E-state index contributed by atoms with van der Waals surface area (Å²) in [7, 11) is 1.72. The summed E-state index contributed by atoms with van der Waals surface area (Å²) in [5, 5.41) is 7.19. The summed E-state index contributed by atoms with van der Waals surface area (Å²) in [5.41, 5.74) is 1.73. The second-order valence-corrected chi connectivity index (χ2v) is 6.44. The van der Waals surface area contributed by atoms with E-state index in [1.807, 2.05) is 18.2 Å². The molecule has 1 aromatic heterocycles. The molecule has 0 atom stereocenters. The summed E-state index contributed by atoms with van der Waals surface area (Å²) in [6.07, 6.45) is 0. The first-order chi connectivity index (χ1) is 12.9. The number of anilines is 1. The maximum absolute atomic E-state index is 12.6. The molecule has 0 spiro atoms. The Morgan fingerprint density at radius 1 is 1.11 bits per heavy atom. The molecule has 1 N–H and O–H groups in total. The third kappa shape index (κ3) is 4.01. The summed E-state index contributed by atoms with van der Waals surface area (Å²) in [5.74, 6) is -0.468. The average Bonchev–Trinajstić information content (AvgIpc) is 2.89. The number of carbonyl (C=O) groups is 2. The van der Waals surface area contributed by atoms with E-state index in [4.69, 9.17) is 16.3 Å². The Kier molecular flexibility index (Phi) is 5.28. The van der Waals surface area contributed by atoms with Crippen molar-refractivity contribution in [2.45, 2.75) is 13.8 Å². The van der Waals surface area contributed by atoms with Crippen molar-refractivity contribution in [1.82, 2.24) is 9.78 Å². The van der Waals surface area contributed by atoms with Crippen LogP contribution in [-0.2, 0) is 11.8 Å². The van der Waals surface area contributed by atoms with Gasteiger partial charge in [-0.2, -0.15) is 5.10 Å². The van der Waals surface area contributed by atoms with Gasteiger partial charge in [-0.25, -0.2) is 0 Å². The Balaban J connectivity index is 1.87. The summed E-state index contributed by atoms with van der Waals surface area (Å²) in [6.45, 7) is 3.43. The van der Waals surface area contributed by atoms with Crippen LogP contribution in [0.1, 0.15) is 21.7 Å². The number of rotatable bonds is 5. The lowest BCUT2D eigenvalue weighted by atomic mass is 10.1. The lowest BCUT2D eigenvalue weighted by Gasteiger charge is -2.12. The van der Waals surface area contributed by atoms with Gasteiger partial charge in [0.05, 0.1) is 16.9 Å². The van der Waals surface area contributed by atoms with Gasteiger partial charge in [-0.15, -0.1) is 0 Å². The molecule has 3 rings (SSSR count). The highest BCUT2D eigenvalue weighted by Gasteiger charge is 2.24. The summed E-state index contributed by atoms with van der Waals surface area (Å²) in [4.78, 5) is 25.2. The summed E-state index contributed by atoms with van der Waals surface area (Å²) >= 11 is 6.05. The van der Waals surface area contributed by atoms with Gasteiger partial charge in [0, 0.05) is 17.8 Å². The highest BCUT2D eigenvalue weighted by atomic mass is 35.5. The molecule has 0 saturated heterocycles. The van der Waals surface area contributed by atoms with Crippen molar-refractivity contribution in [3.05, 3.63) is 70.5 Å². The van der Waals surface area contributed by atoms with Gasteiger partial charge < -0.3 is 10.1 Å². The van der Waals surface area contributed by atoms with Crippen molar-refractivity contribution >= 4 is 29.0 Å². The molecule has 0 fully saturated rings. The van der Waals surface area contributed by atoms with Gasteiger partial charge >= 0.3 is 0 Å². The number of halogens is 1. The number of hydrogen-bond acceptors (Lipinski definition) is 4. The molecule has 138 valence electrons. The Morgan fingerprint density at radius 2 is 1.81 bits per heavy atom. The minimum Gasteiger partial charge on any atom is -0.455 e. The molecule has 2 aromatic carbocycles. The van der Waals surface area contributed by atoms with Crippen LogP contribution in [0, 0.1) is 13.8 Å². The highest BCUT2D eigenvalue weighted by Crippen LogP contribution is 2.32. The van der Waals surface area contributed by atoms with E-state index in [-0.39, 0.29) is 0 Å². The van der Waals surface area contributed by atoms with Gasteiger partial charge in [0.25, 0.3) is 11.7 Å². The Morgan fingerprint density at radius 3 is 2.44 bits per heavy atom. The van der Waals surface area contributed by atoms with Gasteiger partial charge in [-0.3, -0.25) is 14.3 Å². The van der Waals surface area contributed by atoms with Gasteiger partial charge in [-0.1, -0.05) is 29.8 Å². The number of aromatic nitrogens is 2. The number of aryl methyl sites for hydroxylation is 2. The first-order valence-corrected chi connectivity index (χ1v) is 8.63. The van der Waals surface area contributed by atoms with Gasteiger partial charge in [0.2, 0.25) is 0 Å². The first kappa shape index (κ1) is 18.7. The summed E-state index contributed by atoms with van der Waals surface area (Å²) in [6, 6.07) is 13.9. The predicted molar refractivity (Wildman–Crippen MR) is 104 cm³/mol. The molecule has 7 heteroatoms. The third-order valence-corrected chi connectivity index (χ3v) is 4.34. The van der Waals surface area contributed by atoms with Gasteiger partial charge in [0.15, 0.2) is 5.75 Å². The average molecular weight is 384 g/mol. The molecule has 27 heavy (non-hydrogen) atoms. The molecule has 0 aliphatic carbocycles. The third-order valence-electron chi connectivity index (χ3n) is 4.10. The zero-order valence-corrected chi connectivity index (χ0v) is 15.9. The zero-order chi connectivity index (χ0) is 19.6. The van der Waals surface area contributed by atoms with E-state index in [9.17, 15) is 9.59 Å². The second kappa shape index (κ2) is 7.63. The molecule has 3 aromatic rings. The molecule has 1 heterocycles. The van der Waals surface area contributed by atoms with E-state index in [1.165, 1.54) is 6.07 Å². The fourth-order valence-electron chi connectivity index (χ4n) is 2.70. The highest BCUT2D eigenvalue weighted by molar-refractivity contribution is 6.47. The van der Waals surface area contributed by atoms with Gasteiger partial charge in [0.1, 0.15) is 5.75 Å². The number of nitrogens with zero attached hydrogens (tertiary/aromatic N) is 2. The Bertz CT molecular complexity index is 1010. The first-order valence-electron chi connectivity index (χ1n) is 8.25. The number of hydrogen-bond donors (Lipinski definition) is 1. The van der Waals surface area contributed by atoms with E-state index in [0.29, 0.717) is 39.2 Å². The van der Waals surface area contributed by atoms with Crippen LogP contribution in [0.2, 0.25) is 5.02 Å². The van der Waals surface area contributed by atoms with Crippen molar-refractivity contribution in [2.24, 2.45) is 7.05 Å². The fourth-order valence-corrected chi connectivity index (χ4v) is 2.87. The molecule has 0 saturated carbocycles. The van der Waals surface area contributed by atoms with E-state index in [1.54, 1.807) is 49.8 Å². The number of nitrogens with one attached hydrogen (secondary N) is 1. The van der Waals surface area contributed by atoms with E-state index in [2.05, 4.69) is 10.4 Å². The number of benzene rings is 2. The zero-order valence-electron chi connectivity index (χ0n) is 15.1. The van der Waals surface area contributed by atoms with Crippen LogP contribution in [0.25, 0.3) is 0 Å². The molecule has 6 nitrogen and oxygen atoms in total. The molecule has 0 radical (unpaired) electrons. The fraction of sp³-hybridized carbons (Fsp3) is 0.150. The molecule has 1 amide bonds. The van der Waals surface area contributed by atoms with Crippen molar-refractivity contribution in [3.8, 4) is 11.5 Å². The number of Topliss-reactive ketones (excluding diaryl/α,β-unsaturated/α-hetero) is 1. The minimum atomic E-state index is -0.783. The Hall–Kier alpha value is -3.12. The monoisotopic (exact) mass is 383 g/mol. The number of para-hydroxylation sites is 1. The quantitative estimate of drug-likeness (QED) is 0.526. The number of carbonyl (C=O) groups excluding carboxylic acids is 2. The molecule has 0 aliphatic rings. The molecule has 0 unspecified atom stereocenters. The normalized spacial score (nSPS) is 10.5. The number of ether oxygens (including phenoxy) is 1. The molecule has 0 aliphatic heterocycles. The second-order valence-electron chi connectivity index (χ2n) is 6.01. The summed E-state index contributed by atoms with van der Waals surface area (Å²) < 4.78 is 7.37. The molecular formula is C20H18ClN3O3. The van der Waals surface area contributed by atoms with Crippen LogP contribution in [0.3, 0.4) is 0 Å². The Labute approximate surface area is 161 Å². The minimum absolute atomic E-state index is 0.294. The van der Waals surface area contributed by atoms with Crippen LogP contribution < -0.4 is 10.1 Å².